The fourth-order valence-corrected chi connectivity index (χ4v) is 3.21. The van der Waals surface area contributed by atoms with Crippen LogP contribution in [0.2, 0.25) is 0 Å². The Morgan fingerprint density at radius 3 is 2.48 bits per heavy atom. The quantitative estimate of drug-likeness (QED) is 0.247. The molecule has 1 aromatic heterocycles. The van der Waals surface area contributed by atoms with Crippen molar-refractivity contribution in [2.24, 2.45) is 4.99 Å². The molecule has 0 spiro atoms. The lowest BCUT2D eigenvalue weighted by Crippen LogP contribution is -2.53. The van der Waals surface area contributed by atoms with Gasteiger partial charge in [-0.15, -0.1) is 24.0 Å². The smallest absolute Gasteiger partial charge is 0.289 e. The van der Waals surface area contributed by atoms with Gasteiger partial charge in [-0.05, 0) is 43.3 Å². The monoisotopic (exact) mass is 576 g/mol. The molecule has 1 N–H and O–H groups in total. The van der Waals surface area contributed by atoms with Gasteiger partial charge in [0, 0.05) is 37.2 Å². The van der Waals surface area contributed by atoms with Crippen LogP contribution >= 0.6 is 39.9 Å². The molecule has 1 saturated heterocycles. The molecule has 7 nitrogen and oxygen atoms in total. The van der Waals surface area contributed by atoms with Crippen molar-refractivity contribution in [1.29, 1.82) is 0 Å². The molecule has 9 heteroatoms. The predicted molar refractivity (Wildman–Crippen MR) is 127 cm³/mol. The van der Waals surface area contributed by atoms with E-state index in [0.29, 0.717) is 32.0 Å². The topological polar surface area (TPSA) is 70.3 Å². The molecular weight excluding hydrogens is 551 g/mol. The first-order valence-electron chi connectivity index (χ1n) is 9.42. The summed E-state index contributed by atoms with van der Waals surface area (Å²) in [5, 5.41) is 3.32. The van der Waals surface area contributed by atoms with Crippen LogP contribution in [0.4, 0.5) is 0 Å². The Bertz CT molecular complexity index is 776. The lowest BCUT2D eigenvalue weighted by molar-refractivity contribution is 0.0657. The minimum atomic E-state index is -0.0607. The standard InChI is InChI=1S/C20H25BrN4O3.HI/c1-2-22-20(23-9-15-27-17-7-5-16(21)6-8-17)25-12-10-24(11-13-25)19(26)18-4-3-14-28-18;/h3-8,14H,2,9-13,15H2,1H3,(H,22,23);1H. The summed E-state index contributed by atoms with van der Waals surface area (Å²) < 4.78 is 12.0. The maximum absolute atomic E-state index is 12.4. The summed E-state index contributed by atoms with van der Waals surface area (Å²) in [5.74, 6) is 2.01. The molecule has 1 aliphatic heterocycles. The number of rotatable bonds is 6. The van der Waals surface area contributed by atoms with E-state index in [0.717, 1.165) is 35.8 Å². The zero-order valence-corrected chi connectivity index (χ0v) is 20.3. The highest BCUT2D eigenvalue weighted by molar-refractivity contribution is 14.0. The Labute approximate surface area is 196 Å². The number of aliphatic imine (C=N–C) groups is 1. The summed E-state index contributed by atoms with van der Waals surface area (Å²) in [5.41, 5.74) is 0. The molecule has 1 fully saturated rings. The Hall–Kier alpha value is -1.75. The Morgan fingerprint density at radius 2 is 1.86 bits per heavy atom. The van der Waals surface area contributed by atoms with E-state index in [1.165, 1.54) is 6.26 Å². The first kappa shape index (κ1) is 23.5. The maximum Gasteiger partial charge on any atom is 0.289 e. The highest BCUT2D eigenvalue weighted by Gasteiger charge is 2.25. The van der Waals surface area contributed by atoms with Crippen LogP contribution in [-0.4, -0.2) is 67.5 Å². The number of benzene rings is 1. The third-order valence-corrected chi connectivity index (χ3v) is 4.90. The van der Waals surface area contributed by atoms with Crippen molar-refractivity contribution in [2.75, 3.05) is 45.9 Å². The van der Waals surface area contributed by atoms with Crippen LogP contribution < -0.4 is 10.1 Å². The molecule has 29 heavy (non-hydrogen) atoms. The van der Waals surface area contributed by atoms with Gasteiger partial charge in [0.05, 0.1) is 12.8 Å². The van der Waals surface area contributed by atoms with Crippen molar-refractivity contribution in [3.05, 3.63) is 52.9 Å². The minimum absolute atomic E-state index is 0. The molecule has 0 radical (unpaired) electrons. The van der Waals surface area contributed by atoms with Crippen molar-refractivity contribution < 1.29 is 13.9 Å². The molecule has 0 aliphatic carbocycles. The van der Waals surface area contributed by atoms with Gasteiger partial charge in [0.2, 0.25) is 0 Å². The van der Waals surface area contributed by atoms with E-state index in [1.54, 1.807) is 12.1 Å². The van der Waals surface area contributed by atoms with Gasteiger partial charge in [-0.25, -0.2) is 4.99 Å². The van der Waals surface area contributed by atoms with E-state index in [1.807, 2.05) is 36.1 Å². The number of carbonyl (C=O) groups excluding carboxylic acids is 1. The summed E-state index contributed by atoms with van der Waals surface area (Å²) in [6.45, 7) is 6.64. The molecule has 158 valence electrons. The van der Waals surface area contributed by atoms with Crippen LogP contribution in [0.5, 0.6) is 5.75 Å². The number of halogens is 2. The van der Waals surface area contributed by atoms with Crippen LogP contribution in [0, 0.1) is 0 Å². The van der Waals surface area contributed by atoms with Gasteiger partial charge in [0.1, 0.15) is 12.4 Å². The second-order valence-electron chi connectivity index (χ2n) is 6.29. The number of guanidine groups is 1. The van der Waals surface area contributed by atoms with Crippen LogP contribution in [-0.2, 0) is 0 Å². The molecule has 1 amide bonds. The van der Waals surface area contributed by atoms with E-state index in [9.17, 15) is 4.79 Å². The molecular formula is C20H26BrIN4O3. The molecule has 0 bridgehead atoms. The highest BCUT2D eigenvalue weighted by atomic mass is 127. The molecule has 2 aromatic rings. The van der Waals surface area contributed by atoms with Gasteiger partial charge in [-0.2, -0.15) is 0 Å². The lowest BCUT2D eigenvalue weighted by Gasteiger charge is -2.36. The molecule has 0 saturated carbocycles. The van der Waals surface area contributed by atoms with Gasteiger partial charge in [0.25, 0.3) is 5.91 Å². The molecule has 1 aromatic carbocycles. The molecule has 3 rings (SSSR count). The normalized spacial score (nSPS) is 14.3. The highest BCUT2D eigenvalue weighted by Crippen LogP contribution is 2.16. The summed E-state index contributed by atoms with van der Waals surface area (Å²) in [6.07, 6.45) is 1.52. The number of hydrogen-bond acceptors (Lipinski definition) is 4. The maximum atomic E-state index is 12.4. The van der Waals surface area contributed by atoms with E-state index >= 15 is 0 Å². The average Bonchev–Trinajstić information content (AvgIpc) is 3.26. The zero-order chi connectivity index (χ0) is 19.8. The Balaban J connectivity index is 0.00000300. The van der Waals surface area contributed by atoms with E-state index in [4.69, 9.17) is 9.15 Å². The van der Waals surface area contributed by atoms with E-state index in [2.05, 4.69) is 31.1 Å². The van der Waals surface area contributed by atoms with Crippen molar-refractivity contribution in [2.45, 2.75) is 6.92 Å². The molecule has 2 heterocycles. The molecule has 0 atom stereocenters. The summed E-state index contributed by atoms with van der Waals surface area (Å²) in [6, 6.07) is 11.2. The van der Waals surface area contributed by atoms with Crippen molar-refractivity contribution in [1.82, 2.24) is 15.1 Å². The summed E-state index contributed by atoms with van der Waals surface area (Å²) >= 11 is 3.41. The fourth-order valence-electron chi connectivity index (χ4n) is 2.95. The van der Waals surface area contributed by atoms with Gasteiger partial charge in [0.15, 0.2) is 11.7 Å². The molecule has 1 aliphatic rings. The minimum Gasteiger partial charge on any atom is -0.492 e. The number of amides is 1. The van der Waals surface area contributed by atoms with Crippen LogP contribution in [0.3, 0.4) is 0 Å². The predicted octanol–water partition coefficient (Wildman–Crippen LogP) is 3.46. The van der Waals surface area contributed by atoms with Crippen molar-refractivity contribution in [3.8, 4) is 5.75 Å². The summed E-state index contributed by atoms with van der Waals surface area (Å²) in [4.78, 5) is 21.0. The second-order valence-corrected chi connectivity index (χ2v) is 7.21. The number of ether oxygens (including phenoxy) is 1. The number of furan rings is 1. The average molecular weight is 577 g/mol. The number of carbonyl (C=O) groups is 1. The number of nitrogens with one attached hydrogen (secondary N) is 1. The largest absolute Gasteiger partial charge is 0.492 e. The number of hydrogen-bond donors (Lipinski definition) is 1. The summed E-state index contributed by atoms with van der Waals surface area (Å²) in [7, 11) is 0. The van der Waals surface area contributed by atoms with Gasteiger partial charge < -0.3 is 24.3 Å². The SMILES string of the molecule is CCNC(=NCCOc1ccc(Br)cc1)N1CCN(C(=O)c2ccco2)CC1.I. The van der Waals surface area contributed by atoms with Crippen molar-refractivity contribution >= 4 is 51.8 Å². The van der Waals surface area contributed by atoms with Crippen molar-refractivity contribution in [3.63, 3.8) is 0 Å². The Kier molecular flexibility index (Phi) is 9.79. The lowest BCUT2D eigenvalue weighted by atomic mass is 10.3. The Morgan fingerprint density at radius 1 is 1.17 bits per heavy atom. The molecule has 0 unspecified atom stereocenters. The third kappa shape index (κ3) is 6.91. The van der Waals surface area contributed by atoms with Gasteiger partial charge >= 0.3 is 0 Å². The third-order valence-electron chi connectivity index (χ3n) is 4.37. The zero-order valence-electron chi connectivity index (χ0n) is 16.3. The van der Waals surface area contributed by atoms with Crippen LogP contribution in [0.15, 0.2) is 56.5 Å². The van der Waals surface area contributed by atoms with Crippen LogP contribution in [0.25, 0.3) is 0 Å². The van der Waals surface area contributed by atoms with E-state index < -0.39 is 0 Å². The van der Waals surface area contributed by atoms with Gasteiger partial charge in [-0.3, -0.25) is 4.79 Å². The first-order valence-corrected chi connectivity index (χ1v) is 10.2. The number of piperazine rings is 1. The number of nitrogens with zero attached hydrogens (tertiary/aromatic N) is 3. The first-order chi connectivity index (χ1) is 13.7. The van der Waals surface area contributed by atoms with Crippen LogP contribution in [0.1, 0.15) is 17.5 Å². The second kappa shape index (κ2) is 12.1. The van der Waals surface area contributed by atoms with E-state index in [-0.39, 0.29) is 29.9 Å². The fraction of sp³-hybridized carbons (Fsp3) is 0.400. The van der Waals surface area contributed by atoms with Gasteiger partial charge in [-0.1, -0.05) is 15.9 Å².